The number of halogens is 1. The van der Waals surface area contributed by atoms with Crippen LogP contribution >= 0.6 is 11.6 Å². The molecule has 27 heavy (non-hydrogen) atoms. The highest BCUT2D eigenvalue weighted by molar-refractivity contribution is 6.30. The van der Waals surface area contributed by atoms with Crippen molar-refractivity contribution in [3.8, 4) is 0 Å². The molecule has 4 aliphatic rings. The molecule has 146 valence electrons. The van der Waals surface area contributed by atoms with Crippen molar-refractivity contribution in [2.24, 2.45) is 23.2 Å². The molecule has 4 fully saturated rings. The van der Waals surface area contributed by atoms with Crippen molar-refractivity contribution in [1.29, 1.82) is 0 Å². The highest BCUT2D eigenvalue weighted by Gasteiger charge is 2.54. The summed E-state index contributed by atoms with van der Waals surface area (Å²) in [5.41, 5.74) is 0.809. The monoisotopic (exact) mass is 388 g/mol. The van der Waals surface area contributed by atoms with Crippen LogP contribution in [0, 0.1) is 23.2 Å². The average molecular weight is 389 g/mol. The van der Waals surface area contributed by atoms with E-state index in [1.54, 1.807) is 4.90 Å². The lowest BCUT2D eigenvalue weighted by atomic mass is 9.49. The van der Waals surface area contributed by atoms with E-state index in [4.69, 9.17) is 11.6 Å². The lowest BCUT2D eigenvalue weighted by Crippen LogP contribution is -2.54. The Labute approximate surface area is 166 Å². The Balaban J connectivity index is 1.34. The van der Waals surface area contributed by atoms with Crippen LogP contribution < -0.4 is 5.32 Å². The van der Waals surface area contributed by atoms with Crippen LogP contribution in [0.1, 0.15) is 51.0 Å². The van der Waals surface area contributed by atoms with Crippen molar-refractivity contribution in [1.82, 2.24) is 10.2 Å². The Morgan fingerprint density at radius 1 is 1.15 bits per heavy atom. The molecular weight excluding hydrogens is 360 g/mol. The molecule has 5 heteroatoms. The minimum atomic E-state index is -0.195. The van der Waals surface area contributed by atoms with Crippen LogP contribution in [-0.4, -0.2) is 29.8 Å². The van der Waals surface area contributed by atoms with E-state index in [1.807, 2.05) is 31.2 Å². The molecular formula is C22H29ClN2O2. The van der Waals surface area contributed by atoms with Crippen LogP contribution in [0.4, 0.5) is 0 Å². The number of hydrogen-bond acceptors (Lipinski definition) is 2. The second-order valence-electron chi connectivity index (χ2n) is 8.92. The van der Waals surface area contributed by atoms with Gasteiger partial charge in [0.05, 0.1) is 6.54 Å². The standard InChI is InChI=1S/C22H29ClN2O2/c1-2-25(14-15-4-3-5-19(23)9-15)20(26)13-24-21(27)22-10-16-6-17(11-22)8-18(7-16)12-22/h3-5,9,16-18H,2,6-8,10-14H2,1H3,(H,24,27). The summed E-state index contributed by atoms with van der Waals surface area (Å²) in [6.07, 6.45) is 7.02. The number of nitrogens with one attached hydrogen (secondary N) is 1. The Kier molecular flexibility index (Phi) is 5.19. The summed E-state index contributed by atoms with van der Waals surface area (Å²) >= 11 is 6.04. The predicted molar refractivity (Wildman–Crippen MR) is 106 cm³/mol. The fourth-order valence-electron chi connectivity index (χ4n) is 6.08. The summed E-state index contributed by atoms with van der Waals surface area (Å²) in [6.45, 7) is 3.18. The van der Waals surface area contributed by atoms with Crippen LogP contribution in [0.2, 0.25) is 5.02 Å². The van der Waals surface area contributed by atoms with E-state index in [1.165, 1.54) is 19.3 Å². The number of carbonyl (C=O) groups excluding carboxylic acids is 2. The summed E-state index contributed by atoms with van der Waals surface area (Å²) in [4.78, 5) is 27.5. The number of benzene rings is 1. The van der Waals surface area contributed by atoms with E-state index in [2.05, 4.69) is 5.32 Å². The van der Waals surface area contributed by atoms with Gasteiger partial charge in [0.2, 0.25) is 11.8 Å². The molecule has 0 heterocycles. The van der Waals surface area contributed by atoms with Gasteiger partial charge < -0.3 is 10.2 Å². The molecule has 0 atom stereocenters. The fraction of sp³-hybridized carbons (Fsp3) is 0.636. The van der Waals surface area contributed by atoms with Crippen molar-refractivity contribution in [2.45, 2.75) is 52.0 Å². The molecule has 1 aromatic carbocycles. The summed E-state index contributed by atoms with van der Waals surface area (Å²) < 4.78 is 0. The summed E-state index contributed by atoms with van der Waals surface area (Å²) in [5.74, 6) is 2.28. The first-order valence-electron chi connectivity index (χ1n) is 10.3. The fourth-order valence-corrected chi connectivity index (χ4v) is 6.29. The molecule has 4 aliphatic carbocycles. The largest absolute Gasteiger partial charge is 0.347 e. The van der Waals surface area contributed by atoms with Crippen molar-refractivity contribution in [3.05, 3.63) is 34.9 Å². The van der Waals surface area contributed by atoms with Gasteiger partial charge in [-0.25, -0.2) is 0 Å². The highest BCUT2D eigenvalue weighted by atomic mass is 35.5. The molecule has 0 aromatic heterocycles. The molecule has 0 unspecified atom stereocenters. The number of likely N-dealkylation sites (N-methyl/N-ethyl adjacent to an activating group) is 1. The first-order chi connectivity index (χ1) is 13.0. The van der Waals surface area contributed by atoms with Crippen LogP contribution in [0.15, 0.2) is 24.3 Å². The lowest BCUT2D eigenvalue weighted by Gasteiger charge is -2.55. The van der Waals surface area contributed by atoms with Gasteiger partial charge in [-0.2, -0.15) is 0 Å². The zero-order chi connectivity index (χ0) is 19.0. The molecule has 4 bridgehead atoms. The zero-order valence-electron chi connectivity index (χ0n) is 16.0. The Morgan fingerprint density at radius 3 is 2.33 bits per heavy atom. The minimum absolute atomic E-state index is 0.0319. The molecule has 0 saturated heterocycles. The normalized spacial score (nSPS) is 31.0. The zero-order valence-corrected chi connectivity index (χ0v) is 16.8. The predicted octanol–water partition coefficient (Wildman–Crippen LogP) is 4.02. The van der Waals surface area contributed by atoms with Crippen LogP contribution in [0.25, 0.3) is 0 Å². The molecule has 4 saturated carbocycles. The third-order valence-corrected chi connectivity index (χ3v) is 7.15. The minimum Gasteiger partial charge on any atom is -0.347 e. The molecule has 5 rings (SSSR count). The SMILES string of the molecule is CCN(Cc1cccc(Cl)c1)C(=O)CNC(=O)C12CC3CC(CC(C3)C1)C2. The first kappa shape index (κ1) is 18.8. The van der Waals surface area contributed by atoms with Crippen LogP contribution in [-0.2, 0) is 16.1 Å². The van der Waals surface area contributed by atoms with Gasteiger partial charge in [-0.1, -0.05) is 23.7 Å². The third kappa shape index (κ3) is 3.87. The van der Waals surface area contributed by atoms with E-state index in [0.717, 1.165) is 42.6 Å². The Bertz CT molecular complexity index is 697. The molecule has 0 radical (unpaired) electrons. The van der Waals surface area contributed by atoms with E-state index < -0.39 is 0 Å². The van der Waals surface area contributed by atoms with Gasteiger partial charge in [0.1, 0.15) is 0 Å². The van der Waals surface area contributed by atoms with Gasteiger partial charge in [0.15, 0.2) is 0 Å². The highest BCUT2D eigenvalue weighted by Crippen LogP contribution is 2.60. The van der Waals surface area contributed by atoms with Gasteiger partial charge in [0, 0.05) is 23.5 Å². The van der Waals surface area contributed by atoms with E-state index in [0.29, 0.717) is 18.1 Å². The number of amides is 2. The summed E-state index contributed by atoms with van der Waals surface area (Å²) in [7, 11) is 0. The van der Waals surface area contributed by atoms with Gasteiger partial charge in [-0.15, -0.1) is 0 Å². The number of hydrogen-bond donors (Lipinski definition) is 1. The van der Waals surface area contributed by atoms with Crippen molar-refractivity contribution in [3.63, 3.8) is 0 Å². The maximum Gasteiger partial charge on any atom is 0.242 e. The van der Waals surface area contributed by atoms with Crippen LogP contribution in [0.3, 0.4) is 0 Å². The number of carbonyl (C=O) groups is 2. The van der Waals surface area contributed by atoms with Crippen molar-refractivity contribution < 1.29 is 9.59 Å². The van der Waals surface area contributed by atoms with Gasteiger partial charge in [0.25, 0.3) is 0 Å². The molecule has 0 spiro atoms. The maximum atomic E-state index is 13.0. The Hall–Kier alpha value is -1.55. The quantitative estimate of drug-likeness (QED) is 0.800. The van der Waals surface area contributed by atoms with Gasteiger partial charge in [-0.3, -0.25) is 9.59 Å². The molecule has 0 aliphatic heterocycles. The molecule has 1 aromatic rings. The van der Waals surface area contributed by atoms with E-state index >= 15 is 0 Å². The molecule has 4 nitrogen and oxygen atoms in total. The van der Waals surface area contributed by atoms with Gasteiger partial charge in [-0.05, 0) is 80.9 Å². The average Bonchev–Trinajstić information content (AvgIpc) is 2.62. The second kappa shape index (κ2) is 7.46. The first-order valence-corrected chi connectivity index (χ1v) is 10.7. The topological polar surface area (TPSA) is 49.4 Å². The van der Waals surface area contributed by atoms with Crippen LogP contribution in [0.5, 0.6) is 0 Å². The second-order valence-corrected chi connectivity index (χ2v) is 9.35. The lowest BCUT2D eigenvalue weighted by molar-refractivity contribution is -0.148. The third-order valence-electron chi connectivity index (χ3n) is 6.92. The molecule has 2 amide bonds. The van der Waals surface area contributed by atoms with Crippen molar-refractivity contribution in [2.75, 3.05) is 13.1 Å². The van der Waals surface area contributed by atoms with E-state index in [9.17, 15) is 9.59 Å². The summed E-state index contributed by atoms with van der Waals surface area (Å²) in [5, 5.41) is 3.67. The van der Waals surface area contributed by atoms with Gasteiger partial charge >= 0.3 is 0 Å². The number of rotatable bonds is 6. The molecule has 1 N–H and O–H groups in total. The smallest absolute Gasteiger partial charge is 0.242 e. The van der Waals surface area contributed by atoms with E-state index in [-0.39, 0.29) is 23.8 Å². The maximum absolute atomic E-state index is 13.0. The number of nitrogens with zero attached hydrogens (tertiary/aromatic N) is 1. The summed E-state index contributed by atoms with van der Waals surface area (Å²) in [6, 6.07) is 7.57. The Morgan fingerprint density at radius 2 is 1.78 bits per heavy atom. The van der Waals surface area contributed by atoms with Crippen molar-refractivity contribution >= 4 is 23.4 Å².